The second-order valence-corrected chi connectivity index (χ2v) is 12.7. The first-order valence-electron chi connectivity index (χ1n) is 16.5. The van der Waals surface area contributed by atoms with Gasteiger partial charge >= 0.3 is 6.09 Å². The number of anilines is 1. The molecule has 0 aliphatic heterocycles. The first kappa shape index (κ1) is 32.9. The number of amides is 2. The molecule has 0 aromatic carbocycles. The van der Waals surface area contributed by atoms with Gasteiger partial charge in [-0.15, -0.1) is 0 Å². The fraction of sp³-hybridized carbons (Fsp3) is 0.543. The molecule has 3 aromatic heterocycles. The molecule has 11 heteroatoms. The summed E-state index contributed by atoms with van der Waals surface area (Å²) < 4.78 is 12.2. The first-order chi connectivity index (χ1) is 22.3. The highest BCUT2D eigenvalue weighted by Crippen LogP contribution is 2.40. The van der Waals surface area contributed by atoms with Crippen molar-refractivity contribution < 1.29 is 19.1 Å². The van der Waals surface area contributed by atoms with Crippen LogP contribution >= 0.6 is 0 Å². The van der Waals surface area contributed by atoms with Gasteiger partial charge in [0.25, 0.3) is 0 Å². The van der Waals surface area contributed by atoms with Crippen molar-refractivity contribution in [3.05, 3.63) is 53.7 Å². The van der Waals surface area contributed by atoms with Gasteiger partial charge in [0.15, 0.2) is 11.4 Å². The van der Waals surface area contributed by atoms with E-state index >= 15 is 0 Å². The number of carbonyl (C=O) groups is 2. The van der Waals surface area contributed by atoms with Gasteiger partial charge in [0.05, 0.1) is 19.9 Å². The van der Waals surface area contributed by atoms with Gasteiger partial charge in [-0.1, -0.05) is 0 Å². The van der Waals surface area contributed by atoms with Crippen LogP contribution in [0.3, 0.4) is 0 Å². The summed E-state index contributed by atoms with van der Waals surface area (Å²) in [5, 5.41) is 20.2. The standard InChI is InChI=1S/C35H45N7O4/c1-5-46-35(44)39-27-12-10-25(11-13-27)34(43)41-33-29(28(16-17-37-33)26-20-38-42(21-26)22(2)3)18-23-6-8-24(9-7-23)30-14-15-32(45-4)31(19-36)40-30/h14-17,20-25,27H,5-13,18H2,1-4H3,(H,39,44)(H,37,41,43). The van der Waals surface area contributed by atoms with Gasteiger partial charge < -0.3 is 20.1 Å². The van der Waals surface area contributed by atoms with Crippen molar-refractivity contribution in [2.24, 2.45) is 11.8 Å². The molecule has 2 fully saturated rings. The Morgan fingerprint density at radius 1 is 1.09 bits per heavy atom. The van der Waals surface area contributed by atoms with Crippen molar-refractivity contribution in [3.63, 3.8) is 0 Å². The molecular weight excluding hydrogens is 582 g/mol. The summed E-state index contributed by atoms with van der Waals surface area (Å²) in [7, 11) is 1.55. The Labute approximate surface area is 271 Å². The normalized spacial score (nSPS) is 21.3. The predicted molar refractivity (Wildman–Crippen MR) is 174 cm³/mol. The number of alkyl carbamates (subject to hydrolysis) is 1. The average molecular weight is 628 g/mol. The molecule has 2 N–H and O–H groups in total. The number of nitriles is 1. The summed E-state index contributed by atoms with van der Waals surface area (Å²) in [5.41, 5.74) is 4.35. The van der Waals surface area contributed by atoms with Crippen molar-refractivity contribution in [2.45, 2.75) is 96.6 Å². The molecule has 3 aromatic rings. The highest BCUT2D eigenvalue weighted by molar-refractivity contribution is 5.93. The summed E-state index contributed by atoms with van der Waals surface area (Å²) in [6, 6.07) is 8.24. The number of hydrogen-bond acceptors (Lipinski definition) is 8. The second kappa shape index (κ2) is 15.2. The molecule has 0 spiro atoms. The molecule has 2 aliphatic carbocycles. The predicted octanol–water partition coefficient (Wildman–Crippen LogP) is 6.56. The third-order valence-corrected chi connectivity index (χ3v) is 9.40. The van der Waals surface area contributed by atoms with E-state index in [2.05, 4.69) is 46.8 Å². The fourth-order valence-electron chi connectivity index (χ4n) is 6.78. The van der Waals surface area contributed by atoms with Gasteiger partial charge in [-0.2, -0.15) is 10.4 Å². The highest BCUT2D eigenvalue weighted by Gasteiger charge is 2.30. The van der Waals surface area contributed by atoms with Gasteiger partial charge in [0.2, 0.25) is 5.91 Å². The Morgan fingerprint density at radius 2 is 1.85 bits per heavy atom. The number of pyridine rings is 2. The van der Waals surface area contributed by atoms with E-state index in [0.717, 1.165) is 67.3 Å². The number of ether oxygens (including phenoxy) is 2. The van der Waals surface area contributed by atoms with Crippen LogP contribution in [0.25, 0.3) is 11.1 Å². The van der Waals surface area contributed by atoms with Gasteiger partial charge in [-0.05, 0) is 108 Å². The van der Waals surface area contributed by atoms with Gasteiger partial charge in [-0.3, -0.25) is 9.48 Å². The van der Waals surface area contributed by atoms with E-state index in [4.69, 9.17) is 14.5 Å². The molecule has 46 heavy (non-hydrogen) atoms. The van der Waals surface area contributed by atoms with E-state index in [9.17, 15) is 14.9 Å². The van der Waals surface area contributed by atoms with Gasteiger partial charge in [-0.25, -0.2) is 14.8 Å². The van der Waals surface area contributed by atoms with Crippen molar-refractivity contribution in [1.29, 1.82) is 5.26 Å². The molecule has 2 aliphatic rings. The zero-order valence-electron chi connectivity index (χ0n) is 27.3. The number of rotatable bonds is 10. The Hall–Kier alpha value is -4.46. The van der Waals surface area contributed by atoms with Crippen molar-refractivity contribution in [3.8, 4) is 22.9 Å². The lowest BCUT2D eigenvalue weighted by molar-refractivity contribution is -0.120. The lowest BCUT2D eigenvalue weighted by Crippen LogP contribution is -2.39. The Kier molecular flexibility index (Phi) is 10.9. The van der Waals surface area contributed by atoms with Crippen LogP contribution in [0.5, 0.6) is 5.75 Å². The molecule has 11 nitrogen and oxygen atoms in total. The number of carbonyl (C=O) groups excluding carboxylic acids is 2. The van der Waals surface area contributed by atoms with Crippen molar-refractivity contribution in [2.75, 3.05) is 19.0 Å². The highest BCUT2D eigenvalue weighted by atomic mass is 16.5. The Bertz CT molecular complexity index is 1550. The minimum absolute atomic E-state index is 0.0207. The molecule has 0 bridgehead atoms. The van der Waals surface area contributed by atoms with Crippen LogP contribution in [-0.2, 0) is 16.0 Å². The molecule has 2 amide bonds. The van der Waals surface area contributed by atoms with Crippen LogP contribution in [0.2, 0.25) is 0 Å². The average Bonchev–Trinajstić information content (AvgIpc) is 3.57. The Morgan fingerprint density at radius 3 is 2.50 bits per heavy atom. The SMILES string of the molecule is CCOC(=O)NC1CCC(C(=O)Nc2nccc(-c3cnn(C(C)C)c3)c2CC2CCC(c3ccc(OC)c(C#N)n3)CC2)CC1. The molecule has 0 atom stereocenters. The molecule has 0 radical (unpaired) electrons. The lowest BCUT2D eigenvalue weighted by atomic mass is 9.77. The van der Waals surface area contributed by atoms with Crippen LogP contribution in [-0.4, -0.2) is 51.5 Å². The summed E-state index contributed by atoms with van der Waals surface area (Å²) in [6.45, 7) is 6.32. The van der Waals surface area contributed by atoms with Gasteiger partial charge in [0.1, 0.15) is 11.9 Å². The summed E-state index contributed by atoms with van der Waals surface area (Å²) in [6.07, 6.45) is 12.9. The molecule has 244 valence electrons. The quantitative estimate of drug-likeness (QED) is 0.257. The summed E-state index contributed by atoms with van der Waals surface area (Å²) >= 11 is 0. The molecule has 0 unspecified atom stereocenters. The molecular formula is C35H45N7O4. The smallest absolute Gasteiger partial charge is 0.407 e. The second-order valence-electron chi connectivity index (χ2n) is 12.7. The summed E-state index contributed by atoms with van der Waals surface area (Å²) in [5.74, 6) is 1.64. The fourth-order valence-corrected chi connectivity index (χ4v) is 6.78. The maximum absolute atomic E-state index is 13.6. The third kappa shape index (κ3) is 7.84. The maximum atomic E-state index is 13.6. The maximum Gasteiger partial charge on any atom is 0.407 e. The monoisotopic (exact) mass is 627 g/mol. The number of methoxy groups -OCH3 is 1. The van der Waals surface area contributed by atoms with Crippen LogP contribution < -0.4 is 15.4 Å². The minimum Gasteiger partial charge on any atom is -0.494 e. The number of nitrogens with one attached hydrogen (secondary N) is 2. The largest absolute Gasteiger partial charge is 0.494 e. The van der Waals surface area contributed by atoms with E-state index in [0.29, 0.717) is 48.5 Å². The minimum atomic E-state index is -0.400. The van der Waals surface area contributed by atoms with Crippen LogP contribution in [0.15, 0.2) is 36.8 Å². The molecule has 0 saturated heterocycles. The topological polar surface area (TPSA) is 144 Å². The number of hydrogen-bond donors (Lipinski definition) is 2. The molecule has 2 saturated carbocycles. The number of aromatic nitrogens is 4. The molecule has 3 heterocycles. The van der Waals surface area contributed by atoms with E-state index in [1.165, 1.54) is 0 Å². The summed E-state index contributed by atoms with van der Waals surface area (Å²) in [4.78, 5) is 34.7. The van der Waals surface area contributed by atoms with E-state index in [1.807, 2.05) is 29.1 Å². The Balaban J connectivity index is 1.30. The van der Waals surface area contributed by atoms with Crippen LogP contribution in [0.4, 0.5) is 10.6 Å². The van der Waals surface area contributed by atoms with E-state index < -0.39 is 6.09 Å². The lowest BCUT2D eigenvalue weighted by Gasteiger charge is -2.30. The van der Waals surface area contributed by atoms with Crippen LogP contribution in [0.1, 0.15) is 101 Å². The zero-order valence-corrected chi connectivity index (χ0v) is 27.3. The first-order valence-corrected chi connectivity index (χ1v) is 16.5. The third-order valence-electron chi connectivity index (χ3n) is 9.40. The number of nitrogens with zero attached hydrogens (tertiary/aromatic N) is 5. The van der Waals surface area contributed by atoms with E-state index in [1.54, 1.807) is 20.2 Å². The zero-order chi connectivity index (χ0) is 32.6. The van der Waals surface area contributed by atoms with E-state index in [-0.39, 0.29) is 23.9 Å². The van der Waals surface area contributed by atoms with Crippen LogP contribution in [0, 0.1) is 23.2 Å². The van der Waals surface area contributed by atoms with Gasteiger partial charge in [0, 0.05) is 53.1 Å². The van der Waals surface area contributed by atoms with Crippen molar-refractivity contribution in [1.82, 2.24) is 25.1 Å². The molecule has 5 rings (SSSR count). The van der Waals surface area contributed by atoms with Crippen molar-refractivity contribution >= 4 is 17.8 Å².